The minimum atomic E-state index is -3.19. The van der Waals surface area contributed by atoms with Crippen molar-refractivity contribution in [3.63, 3.8) is 0 Å². The number of aliphatic carboxylic acids is 1. The quantitative estimate of drug-likeness (QED) is 0.727. The third-order valence-electron chi connectivity index (χ3n) is 3.19. The van der Waals surface area contributed by atoms with Crippen molar-refractivity contribution in [3.05, 3.63) is 24.3 Å². The third-order valence-corrected chi connectivity index (χ3v) is 4.32. The molecule has 1 atom stereocenters. The van der Waals surface area contributed by atoms with E-state index >= 15 is 0 Å². The molecule has 0 aliphatic rings. The largest absolute Gasteiger partial charge is 0.494 e. The number of carboxylic acid groups (broad SMARTS) is 1. The molecule has 21 heavy (non-hydrogen) atoms. The summed E-state index contributed by atoms with van der Waals surface area (Å²) >= 11 is 0. The van der Waals surface area contributed by atoms with Crippen LogP contribution in [0.3, 0.4) is 0 Å². The van der Waals surface area contributed by atoms with E-state index in [0.717, 1.165) is 6.26 Å². The average Bonchev–Trinajstić information content (AvgIpc) is 2.42. The zero-order valence-electron chi connectivity index (χ0n) is 12.4. The van der Waals surface area contributed by atoms with E-state index in [1.807, 2.05) is 0 Å². The molecule has 1 unspecified atom stereocenters. The van der Waals surface area contributed by atoms with Crippen LogP contribution in [0.15, 0.2) is 29.2 Å². The van der Waals surface area contributed by atoms with Gasteiger partial charge >= 0.3 is 5.97 Å². The van der Waals surface area contributed by atoms with Crippen LogP contribution >= 0.6 is 0 Å². The molecule has 0 heterocycles. The van der Waals surface area contributed by atoms with Gasteiger partial charge in [0, 0.05) is 12.8 Å². The lowest BCUT2D eigenvalue weighted by Gasteiger charge is -2.20. The summed E-state index contributed by atoms with van der Waals surface area (Å²) in [5.74, 6) is -0.258. The van der Waals surface area contributed by atoms with Crippen molar-refractivity contribution in [2.24, 2.45) is 0 Å². The second-order valence-electron chi connectivity index (χ2n) is 4.94. The van der Waals surface area contributed by atoms with Crippen molar-refractivity contribution < 1.29 is 23.1 Å². The van der Waals surface area contributed by atoms with Gasteiger partial charge in [0.2, 0.25) is 0 Å². The van der Waals surface area contributed by atoms with E-state index in [4.69, 9.17) is 9.84 Å². The molecule has 0 aliphatic heterocycles. The van der Waals surface area contributed by atoms with Crippen LogP contribution in [0.4, 0.5) is 0 Å². The Morgan fingerprint density at radius 2 is 1.90 bits per heavy atom. The minimum Gasteiger partial charge on any atom is -0.494 e. The summed E-state index contributed by atoms with van der Waals surface area (Å²) in [7, 11) is -1.44. The summed E-state index contributed by atoms with van der Waals surface area (Å²) in [6.45, 7) is 2.68. The van der Waals surface area contributed by atoms with Gasteiger partial charge in [-0.05, 0) is 44.7 Å². The lowest BCUT2D eigenvalue weighted by atomic mass is 10.3. The number of benzene rings is 1. The number of hydrogen-bond donors (Lipinski definition) is 1. The maximum absolute atomic E-state index is 11.3. The van der Waals surface area contributed by atoms with Crippen molar-refractivity contribution in [1.82, 2.24) is 4.90 Å². The molecule has 0 radical (unpaired) electrons. The van der Waals surface area contributed by atoms with Gasteiger partial charge in [-0.15, -0.1) is 0 Å². The Morgan fingerprint density at radius 3 is 2.38 bits per heavy atom. The predicted molar refractivity (Wildman–Crippen MR) is 79.4 cm³/mol. The van der Waals surface area contributed by atoms with Crippen LogP contribution in [0, 0.1) is 0 Å². The summed E-state index contributed by atoms with van der Waals surface area (Å²) in [5, 5.41) is 8.86. The van der Waals surface area contributed by atoms with Gasteiger partial charge in [0.1, 0.15) is 11.8 Å². The molecule has 0 bridgehead atoms. The van der Waals surface area contributed by atoms with Gasteiger partial charge in [-0.25, -0.2) is 8.42 Å². The molecule has 0 aliphatic carbocycles. The van der Waals surface area contributed by atoms with Crippen molar-refractivity contribution in [3.8, 4) is 5.75 Å². The first-order valence-electron chi connectivity index (χ1n) is 6.58. The molecule has 0 spiro atoms. The Hall–Kier alpha value is -1.60. The Kier molecular flexibility index (Phi) is 6.17. The molecule has 1 aromatic carbocycles. The van der Waals surface area contributed by atoms with E-state index < -0.39 is 21.8 Å². The third kappa shape index (κ3) is 5.73. The normalized spacial score (nSPS) is 13.1. The number of rotatable bonds is 8. The standard InChI is InChI=1S/C14H21NO5S/c1-11(14(16)17)15(2)9-4-10-20-12-5-7-13(8-6-12)21(3,18)19/h5-8,11H,4,9-10H2,1-3H3,(H,16,17). The molecule has 0 fully saturated rings. The molecule has 1 N–H and O–H groups in total. The lowest BCUT2D eigenvalue weighted by Crippen LogP contribution is -2.36. The van der Waals surface area contributed by atoms with Crippen LogP contribution in [0.2, 0.25) is 0 Å². The average molecular weight is 315 g/mol. The van der Waals surface area contributed by atoms with E-state index in [9.17, 15) is 13.2 Å². The van der Waals surface area contributed by atoms with E-state index in [2.05, 4.69) is 0 Å². The monoisotopic (exact) mass is 315 g/mol. The first-order valence-corrected chi connectivity index (χ1v) is 8.47. The van der Waals surface area contributed by atoms with Crippen LogP contribution < -0.4 is 4.74 Å². The summed E-state index contributed by atoms with van der Waals surface area (Å²) < 4.78 is 28.1. The number of carboxylic acids is 1. The Balaban J connectivity index is 2.38. The molecule has 7 heteroatoms. The van der Waals surface area contributed by atoms with E-state index in [-0.39, 0.29) is 4.90 Å². The predicted octanol–water partition coefficient (Wildman–Crippen LogP) is 1.26. The maximum Gasteiger partial charge on any atom is 0.320 e. The van der Waals surface area contributed by atoms with Gasteiger partial charge < -0.3 is 9.84 Å². The van der Waals surface area contributed by atoms with Crippen LogP contribution in [-0.4, -0.2) is 56.9 Å². The topological polar surface area (TPSA) is 83.9 Å². The van der Waals surface area contributed by atoms with Crippen LogP contribution in [-0.2, 0) is 14.6 Å². The molecule has 0 saturated heterocycles. The molecule has 6 nitrogen and oxygen atoms in total. The highest BCUT2D eigenvalue weighted by Gasteiger charge is 2.15. The first-order chi connectivity index (χ1) is 9.71. The van der Waals surface area contributed by atoms with Crippen LogP contribution in [0.1, 0.15) is 13.3 Å². The summed E-state index contributed by atoms with van der Waals surface area (Å²) in [5.41, 5.74) is 0. The number of sulfone groups is 1. The van der Waals surface area contributed by atoms with E-state index in [1.165, 1.54) is 12.1 Å². The zero-order valence-corrected chi connectivity index (χ0v) is 13.3. The molecular weight excluding hydrogens is 294 g/mol. The van der Waals surface area contributed by atoms with Crippen molar-refractivity contribution in [2.45, 2.75) is 24.3 Å². The fourth-order valence-electron chi connectivity index (χ4n) is 1.67. The maximum atomic E-state index is 11.3. The Bertz CT molecular complexity index is 568. The summed E-state index contributed by atoms with van der Waals surface area (Å²) in [4.78, 5) is 12.8. The second-order valence-corrected chi connectivity index (χ2v) is 6.96. The second kappa shape index (κ2) is 7.42. The molecule has 1 rings (SSSR count). The molecule has 0 aromatic heterocycles. The molecule has 0 saturated carbocycles. The van der Waals surface area contributed by atoms with Crippen LogP contribution in [0.5, 0.6) is 5.75 Å². The smallest absolute Gasteiger partial charge is 0.320 e. The first kappa shape index (κ1) is 17.5. The highest BCUT2D eigenvalue weighted by Crippen LogP contribution is 2.15. The SMILES string of the molecule is CC(C(=O)O)N(C)CCCOc1ccc(S(C)(=O)=O)cc1. The summed E-state index contributed by atoms with van der Waals surface area (Å²) in [6.07, 6.45) is 1.84. The number of likely N-dealkylation sites (N-methyl/N-ethyl adjacent to an activating group) is 1. The van der Waals surface area contributed by atoms with E-state index in [0.29, 0.717) is 25.3 Å². The zero-order chi connectivity index (χ0) is 16.0. The highest BCUT2D eigenvalue weighted by atomic mass is 32.2. The van der Waals surface area contributed by atoms with Gasteiger partial charge in [0.15, 0.2) is 9.84 Å². The molecule has 118 valence electrons. The van der Waals surface area contributed by atoms with Crippen molar-refractivity contribution in [2.75, 3.05) is 26.5 Å². The van der Waals surface area contributed by atoms with Crippen LogP contribution in [0.25, 0.3) is 0 Å². The number of hydrogen-bond acceptors (Lipinski definition) is 5. The van der Waals surface area contributed by atoms with Crippen molar-refractivity contribution in [1.29, 1.82) is 0 Å². The fourth-order valence-corrected chi connectivity index (χ4v) is 2.30. The molecular formula is C14H21NO5S. The van der Waals surface area contributed by atoms with Gasteiger partial charge in [0.05, 0.1) is 11.5 Å². The van der Waals surface area contributed by atoms with Gasteiger partial charge in [-0.1, -0.05) is 0 Å². The van der Waals surface area contributed by atoms with Gasteiger partial charge in [-0.2, -0.15) is 0 Å². The number of ether oxygens (including phenoxy) is 1. The highest BCUT2D eigenvalue weighted by molar-refractivity contribution is 7.90. The Morgan fingerprint density at radius 1 is 1.33 bits per heavy atom. The number of nitrogens with zero attached hydrogens (tertiary/aromatic N) is 1. The summed E-state index contributed by atoms with van der Waals surface area (Å²) in [6, 6.07) is 5.70. The minimum absolute atomic E-state index is 0.255. The lowest BCUT2D eigenvalue weighted by molar-refractivity contribution is -0.142. The fraction of sp³-hybridized carbons (Fsp3) is 0.500. The Labute approximate surface area is 125 Å². The van der Waals surface area contributed by atoms with Gasteiger partial charge in [0.25, 0.3) is 0 Å². The molecule has 1 aromatic rings. The van der Waals surface area contributed by atoms with Crippen molar-refractivity contribution >= 4 is 15.8 Å². The molecule has 0 amide bonds. The van der Waals surface area contributed by atoms with Gasteiger partial charge in [-0.3, -0.25) is 9.69 Å². The van der Waals surface area contributed by atoms with E-state index in [1.54, 1.807) is 31.0 Å². The number of carbonyl (C=O) groups is 1.